The zero-order chi connectivity index (χ0) is 15.8. The van der Waals surface area contributed by atoms with Crippen LogP contribution in [0.3, 0.4) is 0 Å². The minimum Gasteiger partial charge on any atom is -0.508 e. The highest BCUT2D eigenvalue weighted by Gasteiger charge is 2.56. The van der Waals surface area contributed by atoms with Gasteiger partial charge in [0.05, 0.1) is 0 Å². The highest BCUT2D eigenvalue weighted by atomic mass is 16.6. The fourth-order valence-corrected chi connectivity index (χ4v) is 2.15. The molecule has 2 unspecified atom stereocenters. The molecule has 0 aliphatic heterocycles. The molecule has 6 nitrogen and oxygen atoms in total. The minimum atomic E-state index is -1.71. The van der Waals surface area contributed by atoms with Crippen LogP contribution in [-0.2, 0) is 14.3 Å². The fourth-order valence-electron chi connectivity index (χ4n) is 2.15. The summed E-state index contributed by atoms with van der Waals surface area (Å²) in [6.07, 6.45) is -1.37. The van der Waals surface area contributed by atoms with Gasteiger partial charge in [0.25, 0.3) is 0 Å². The number of phenols is 1. The van der Waals surface area contributed by atoms with Crippen LogP contribution in [-0.4, -0.2) is 39.0 Å². The van der Waals surface area contributed by atoms with Gasteiger partial charge in [-0.3, -0.25) is 4.79 Å². The van der Waals surface area contributed by atoms with E-state index in [4.69, 9.17) is 5.11 Å². The summed E-state index contributed by atoms with van der Waals surface area (Å²) in [5.41, 5.74) is -1.10. The number of aromatic hydroxyl groups is 1. The Bertz CT molecular complexity index is 614. The summed E-state index contributed by atoms with van der Waals surface area (Å²) >= 11 is 0. The number of carbonyl (C=O) groups excluding carboxylic acids is 2. The molecule has 1 aromatic carbocycles. The first-order valence-corrected chi connectivity index (χ1v) is 6.41. The molecule has 1 saturated carbocycles. The zero-order valence-corrected chi connectivity index (χ0v) is 11.7. The average Bonchev–Trinajstić information content (AvgIpc) is 2.99. The van der Waals surface area contributed by atoms with Gasteiger partial charge in [-0.25, -0.2) is 4.79 Å². The number of Topliss-reactive ketones (excluding diaryl/α,β-unsaturated/α-hetero) is 1. The summed E-state index contributed by atoms with van der Waals surface area (Å²) in [5.74, 6) is -1.19. The van der Waals surface area contributed by atoms with E-state index in [0.29, 0.717) is 5.56 Å². The summed E-state index contributed by atoms with van der Waals surface area (Å²) in [7, 11) is 0. The Balaban J connectivity index is 2.49. The summed E-state index contributed by atoms with van der Waals surface area (Å²) in [6.45, 7) is 2.69. The van der Waals surface area contributed by atoms with E-state index in [1.807, 2.05) is 0 Å². The van der Waals surface area contributed by atoms with Crippen LogP contribution in [0.4, 0.5) is 0 Å². The standard InChI is InChI=1S/C15H16O6/c1-8(14(19)21-9(2)16)13(15(20)7-12(15)18)10-3-5-11(17)6-4-10/h3-6,9,16-17,20H,7H2,1-2H3/b13-8-. The highest BCUT2D eigenvalue weighted by Crippen LogP contribution is 2.45. The fraction of sp³-hybridized carbons (Fsp3) is 0.333. The molecule has 0 spiro atoms. The second-order valence-electron chi connectivity index (χ2n) is 5.01. The largest absolute Gasteiger partial charge is 0.508 e. The van der Waals surface area contributed by atoms with Gasteiger partial charge in [-0.1, -0.05) is 12.1 Å². The minimum absolute atomic E-state index is 0.0245. The number of aliphatic hydroxyl groups is 2. The number of aliphatic hydroxyl groups excluding tert-OH is 1. The van der Waals surface area contributed by atoms with Crippen molar-refractivity contribution in [1.29, 1.82) is 0 Å². The first-order chi connectivity index (χ1) is 9.75. The van der Waals surface area contributed by atoms with Crippen molar-refractivity contribution in [2.45, 2.75) is 32.2 Å². The van der Waals surface area contributed by atoms with Crippen LogP contribution < -0.4 is 0 Å². The van der Waals surface area contributed by atoms with Gasteiger partial charge in [-0.05, 0) is 31.5 Å². The number of hydrogen-bond donors (Lipinski definition) is 3. The van der Waals surface area contributed by atoms with Gasteiger partial charge in [-0.2, -0.15) is 0 Å². The topological polar surface area (TPSA) is 104 Å². The third-order valence-electron chi connectivity index (χ3n) is 3.28. The van der Waals surface area contributed by atoms with Crippen molar-refractivity contribution in [2.24, 2.45) is 0 Å². The first-order valence-electron chi connectivity index (χ1n) is 6.41. The molecule has 0 bridgehead atoms. The van der Waals surface area contributed by atoms with E-state index in [9.17, 15) is 19.8 Å². The predicted molar refractivity (Wildman–Crippen MR) is 73.0 cm³/mol. The van der Waals surface area contributed by atoms with Crippen LogP contribution in [0.15, 0.2) is 29.8 Å². The number of rotatable bonds is 4. The quantitative estimate of drug-likeness (QED) is 0.430. The maximum Gasteiger partial charge on any atom is 0.336 e. The molecule has 112 valence electrons. The Morgan fingerprint density at radius 2 is 1.86 bits per heavy atom. The van der Waals surface area contributed by atoms with E-state index in [1.165, 1.54) is 38.1 Å². The van der Waals surface area contributed by atoms with Crippen molar-refractivity contribution < 1.29 is 29.6 Å². The van der Waals surface area contributed by atoms with Gasteiger partial charge >= 0.3 is 5.97 Å². The molecule has 2 rings (SSSR count). The maximum atomic E-state index is 11.9. The van der Waals surface area contributed by atoms with Crippen molar-refractivity contribution in [3.63, 3.8) is 0 Å². The number of carbonyl (C=O) groups is 2. The number of ketones is 1. The van der Waals surface area contributed by atoms with Gasteiger partial charge in [0.15, 0.2) is 17.7 Å². The van der Waals surface area contributed by atoms with E-state index in [2.05, 4.69) is 4.74 Å². The predicted octanol–water partition coefficient (Wildman–Crippen LogP) is 0.751. The van der Waals surface area contributed by atoms with Crippen molar-refractivity contribution in [2.75, 3.05) is 0 Å². The lowest BCUT2D eigenvalue weighted by molar-refractivity contribution is -0.159. The molecule has 3 N–H and O–H groups in total. The lowest BCUT2D eigenvalue weighted by Gasteiger charge is -2.17. The summed E-state index contributed by atoms with van der Waals surface area (Å²) in [4.78, 5) is 23.4. The van der Waals surface area contributed by atoms with E-state index >= 15 is 0 Å². The number of phenolic OH excluding ortho intramolecular Hbond substituents is 1. The lowest BCUT2D eigenvalue weighted by atomic mass is 9.93. The van der Waals surface area contributed by atoms with E-state index in [0.717, 1.165) is 0 Å². The van der Waals surface area contributed by atoms with Gasteiger partial charge in [-0.15, -0.1) is 0 Å². The van der Waals surface area contributed by atoms with Crippen LogP contribution >= 0.6 is 0 Å². The normalized spacial score (nSPS) is 23.3. The van der Waals surface area contributed by atoms with Crippen molar-refractivity contribution in [1.82, 2.24) is 0 Å². The van der Waals surface area contributed by atoms with Gasteiger partial charge in [0.1, 0.15) is 5.75 Å². The van der Waals surface area contributed by atoms with Crippen LogP contribution in [0.5, 0.6) is 5.75 Å². The number of ether oxygens (including phenoxy) is 1. The molecular weight excluding hydrogens is 276 g/mol. The van der Waals surface area contributed by atoms with Crippen molar-refractivity contribution in [3.05, 3.63) is 35.4 Å². The van der Waals surface area contributed by atoms with Crippen LogP contribution in [0, 0.1) is 0 Å². The van der Waals surface area contributed by atoms with E-state index in [-0.39, 0.29) is 23.3 Å². The molecule has 1 aromatic rings. The monoisotopic (exact) mass is 292 g/mol. The SMILES string of the molecule is C/C(C(=O)OC(C)O)=C(\c1ccc(O)cc1)C1(O)CC1=O. The second-order valence-corrected chi connectivity index (χ2v) is 5.01. The zero-order valence-electron chi connectivity index (χ0n) is 11.7. The molecule has 0 radical (unpaired) electrons. The van der Waals surface area contributed by atoms with Crippen molar-refractivity contribution in [3.8, 4) is 5.75 Å². The van der Waals surface area contributed by atoms with E-state index < -0.39 is 23.6 Å². The van der Waals surface area contributed by atoms with Crippen LogP contribution in [0.1, 0.15) is 25.8 Å². The number of esters is 1. The third kappa shape index (κ3) is 2.96. The molecule has 1 aliphatic carbocycles. The Morgan fingerprint density at radius 1 is 1.33 bits per heavy atom. The number of hydrogen-bond acceptors (Lipinski definition) is 6. The van der Waals surface area contributed by atoms with Crippen LogP contribution in [0.25, 0.3) is 5.57 Å². The summed E-state index contributed by atoms with van der Waals surface area (Å²) < 4.78 is 4.68. The molecular formula is C15H16O6. The number of benzene rings is 1. The van der Waals surface area contributed by atoms with E-state index in [1.54, 1.807) is 0 Å². The molecule has 0 aromatic heterocycles. The van der Waals surface area contributed by atoms with Gasteiger partial charge in [0.2, 0.25) is 0 Å². The summed E-state index contributed by atoms with van der Waals surface area (Å²) in [5, 5.41) is 28.7. The first kappa shape index (κ1) is 15.2. The third-order valence-corrected chi connectivity index (χ3v) is 3.28. The van der Waals surface area contributed by atoms with Gasteiger partial charge in [0, 0.05) is 17.6 Å². The smallest absolute Gasteiger partial charge is 0.336 e. The Kier molecular flexibility index (Phi) is 3.85. The molecule has 0 heterocycles. The molecule has 0 amide bonds. The lowest BCUT2D eigenvalue weighted by Crippen LogP contribution is -2.21. The molecule has 6 heteroatoms. The Labute approximate surface area is 121 Å². The van der Waals surface area contributed by atoms with Crippen molar-refractivity contribution >= 4 is 17.3 Å². The second kappa shape index (κ2) is 5.31. The Morgan fingerprint density at radius 3 is 2.29 bits per heavy atom. The molecule has 21 heavy (non-hydrogen) atoms. The molecule has 2 atom stereocenters. The molecule has 1 aliphatic rings. The van der Waals surface area contributed by atoms with Gasteiger partial charge < -0.3 is 20.1 Å². The average molecular weight is 292 g/mol. The molecule has 0 saturated heterocycles. The van der Waals surface area contributed by atoms with Crippen LogP contribution in [0.2, 0.25) is 0 Å². The maximum absolute atomic E-state index is 11.9. The highest BCUT2D eigenvalue weighted by molar-refractivity contribution is 6.18. The molecule has 1 fully saturated rings. The summed E-state index contributed by atoms with van der Waals surface area (Å²) in [6, 6.07) is 5.76. The Hall–Kier alpha value is -2.18.